The van der Waals surface area contributed by atoms with Crippen LogP contribution in [-0.4, -0.2) is 32.1 Å². The van der Waals surface area contributed by atoms with Crippen LogP contribution in [-0.2, 0) is 0 Å². The van der Waals surface area contributed by atoms with Crippen LogP contribution < -0.4 is 5.32 Å². The van der Waals surface area contributed by atoms with Gasteiger partial charge in [-0.2, -0.15) is 0 Å². The second-order valence-electron chi connectivity index (χ2n) is 7.81. The van der Waals surface area contributed by atoms with E-state index in [0.717, 1.165) is 0 Å². The van der Waals surface area contributed by atoms with Crippen LogP contribution in [0.5, 0.6) is 11.5 Å². The van der Waals surface area contributed by atoms with Crippen LogP contribution in [0.25, 0.3) is 0 Å². The van der Waals surface area contributed by atoms with Crippen LogP contribution in [0.3, 0.4) is 0 Å². The Morgan fingerprint density at radius 2 is 1.23 bits per heavy atom. The minimum Gasteiger partial charge on any atom is -0.508 e. The first-order valence-corrected chi connectivity index (χ1v) is 10.5. The molecular weight excluding hydrogens is 526 g/mol. The van der Waals surface area contributed by atoms with Crippen LogP contribution in [0.2, 0.25) is 0 Å². The van der Waals surface area contributed by atoms with Crippen LogP contribution in [0.15, 0.2) is 45.3 Å². The lowest BCUT2D eigenvalue weighted by molar-refractivity contribution is -0.605. The van der Waals surface area contributed by atoms with Crippen molar-refractivity contribution in [2.24, 2.45) is 5.41 Å². The number of nitrogens with zero attached hydrogens (tertiary/aromatic N) is 2. The van der Waals surface area contributed by atoms with E-state index in [1.54, 1.807) is 24.3 Å². The summed E-state index contributed by atoms with van der Waals surface area (Å²) in [6.45, 7) is 2.94. The zero-order valence-electron chi connectivity index (χ0n) is 16.0. The Kier molecular flexibility index (Phi) is 6.08. The molecule has 3 rings (SSSR count). The third-order valence-electron chi connectivity index (χ3n) is 5.62. The van der Waals surface area contributed by atoms with Gasteiger partial charge >= 0.3 is 0 Å². The first-order valence-electron chi connectivity index (χ1n) is 8.95. The molecule has 30 heavy (non-hydrogen) atoms. The second-order valence-corrected chi connectivity index (χ2v) is 9.64. The Morgan fingerprint density at radius 3 is 1.57 bits per heavy atom. The van der Waals surface area contributed by atoms with E-state index in [9.17, 15) is 30.4 Å². The van der Waals surface area contributed by atoms with Crippen molar-refractivity contribution in [3.05, 3.63) is 76.7 Å². The SMILES string of the molecule is CC1(C)[C@@H]([N+](=O)[O-])[C@@H](c2cc(Br)ccc2O)N[C@@H](c2cc(Br)ccc2O)[C@@H]1[N+](=O)[O-]. The number of halogens is 2. The summed E-state index contributed by atoms with van der Waals surface area (Å²) in [5.41, 5.74) is -0.960. The quantitative estimate of drug-likeness (QED) is 0.384. The largest absolute Gasteiger partial charge is 0.508 e. The first-order chi connectivity index (χ1) is 13.9. The van der Waals surface area contributed by atoms with E-state index in [-0.39, 0.29) is 22.6 Å². The van der Waals surface area contributed by atoms with Crippen molar-refractivity contribution in [1.29, 1.82) is 0 Å². The molecule has 9 nitrogen and oxygen atoms in total. The molecule has 0 unspecified atom stereocenters. The summed E-state index contributed by atoms with van der Waals surface area (Å²) in [5, 5.41) is 48.0. The summed E-state index contributed by atoms with van der Waals surface area (Å²) >= 11 is 6.60. The Bertz CT molecular complexity index is 938. The van der Waals surface area contributed by atoms with Crippen molar-refractivity contribution in [3.8, 4) is 11.5 Å². The summed E-state index contributed by atoms with van der Waals surface area (Å²) in [6.07, 6.45) is 0. The maximum Gasteiger partial charge on any atom is 0.244 e. The fourth-order valence-electron chi connectivity index (χ4n) is 4.27. The predicted octanol–water partition coefficient (Wildman–Crippen LogP) is 4.33. The van der Waals surface area contributed by atoms with Gasteiger partial charge < -0.3 is 10.2 Å². The number of hydrogen-bond acceptors (Lipinski definition) is 7. The van der Waals surface area contributed by atoms with Gasteiger partial charge in [-0.3, -0.25) is 25.5 Å². The molecule has 1 aliphatic heterocycles. The normalized spacial score (nSPS) is 25.6. The van der Waals surface area contributed by atoms with Crippen molar-refractivity contribution in [1.82, 2.24) is 5.32 Å². The molecule has 0 aromatic heterocycles. The molecule has 4 atom stereocenters. The van der Waals surface area contributed by atoms with Gasteiger partial charge in [-0.05, 0) is 50.2 Å². The standard InChI is InChI=1S/C19H19Br2N3O6/c1-19(2)17(23(27)28)15(11-7-9(20)3-5-13(11)25)22-16(18(19)24(29)30)12-8-10(21)4-6-14(12)26/h3-8,15-18,22,25-26H,1-2H3/t15-,16+,17-,18-/m0/s1. The highest BCUT2D eigenvalue weighted by atomic mass is 79.9. The van der Waals surface area contributed by atoms with E-state index < -0.39 is 39.4 Å². The maximum absolute atomic E-state index is 12.1. The van der Waals surface area contributed by atoms with Crippen LogP contribution in [0, 0.1) is 25.6 Å². The number of piperidine rings is 1. The molecule has 0 bridgehead atoms. The van der Waals surface area contributed by atoms with Gasteiger partial charge in [0.2, 0.25) is 12.1 Å². The highest BCUT2D eigenvalue weighted by Crippen LogP contribution is 2.49. The zero-order chi connectivity index (χ0) is 22.4. The molecule has 2 aromatic carbocycles. The van der Waals surface area contributed by atoms with Crippen molar-refractivity contribution in [3.63, 3.8) is 0 Å². The van der Waals surface area contributed by atoms with Gasteiger partial charge in [-0.15, -0.1) is 0 Å². The summed E-state index contributed by atoms with van der Waals surface area (Å²) in [6, 6.07) is 4.13. The van der Waals surface area contributed by atoms with Crippen molar-refractivity contribution in [2.75, 3.05) is 0 Å². The van der Waals surface area contributed by atoms with Crippen LogP contribution in [0.4, 0.5) is 0 Å². The molecule has 11 heteroatoms. The van der Waals surface area contributed by atoms with E-state index in [4.69, 9.17) is 0 Å². The summed E-state index contributed by atoms with van der Waals surface area (Å²) in [7, 11) is 0. The van der Waals surface area contributed by atoms with Gasteiger partial charge in [0.25, 0.3) is 0 Å². The number of nitro groups is 2. The maximum atomic E-state index is 12.1. The number of hydrogen-bond donors (Lipinski definition) is 3. The summed E-state index contributed by atoms with van der Waals surface area (Å²) < 4.78 is 1.19. The fraction of sp³-hybridized carbons (Fsp3) is 0.368. The molecule has 1 fully saturated rings. The number of aromatic hydroxyl groups is 2. The predicted molar refractivity (Wildman–Crippen MR) is 116 cm³/mol. The zero-order valence-corrected chi connectivity index (χ0v) is 19.1. The van der Waals surface area contributed by atoms with E-state index in [2.05, 4.69) is 37.2 Å². The monoisotopic (exact) mass is 543 g/mol. The molecular formula is C19H19Br2N3O6. The Hall–Kier alpha value is -2.24. The molecule has 0 radical (unpaired) electrons. The summed E-state index contributed by atoms with van der Waals surface area (Å²) in [4.78, 5) is 23.0. The number of phenols is 2. The number of benzene rings is 2. The molecule has 160 valence electrons. The molecule has 0 spiro atoms. The average Bonchev–Trinajstić information content (AvgIpc) is 2.63. The number of phenolic OH excluding ortho intramolecular Hbond substituents is 2. The molecule has 0 saturated carbocycles. The molecule has 1 aliphatic rings. The van der Waals surface area contributed by atoms with Gasteiger partial charge in [0, 0.05) is 29.9 Å². The van der Waals surface area contributed by atoms with Crippen LogP contribution in [0.1, 0.15) is 37.1 Å². The van der Waals surface area contributed by atoms with E-state index in [1.165, 1.54) is 26.0 Å². The highest BCUT2D eigenvalue weighted by molar-refractivity contribution is 9.10. The molecule has 2 aromatic rings. The van der Waals surface area contributed by atoms with E-state index in [1.807, 2.05) is 0 Å². The minimum atomic E-state index is -1.43. The Balaban J connectivity index is 2.25. The second kappa shape index (κ2) is 8.12. The minimum absolute atomic E-state index is 0.171. The van der Waals surface area contributed by atoms with Gasteiger partial charge in [0.05, 0.1) is 0 Å². The Morgan fingerprint density at radius 1 is 0.867 bits per heavy atom. The number of nitrogens with one attached hydrogen (secondary N) is 1. The van der Waals surface area contributed by atoms with Crippen molar-refractivity contribution >= 4 is 31.9 Å². The van der Waals surface area contributed by atoms with Gasteiger partial charge in [-0.1, -0.05) is 31.9 Å². The molecule has 3 N–H and O–H groups in total. The first kappa shape index (κ1) is 22.4. The fourth-order valence-corrected chi connectivity index (χ4v) is 5.02. The van der Waals surface area contributed by atoms with Crippen molar-refractivity contribution < 1.29 is 20.1 Å². The topological polar surface area (TPSA) is 139 Å². The molecule has 1 heterocycles. The number of rotatable bonds is 4. The van der Waals surface area contributed by atoms with Gasteiger partial charge in [-0.25, -0.2) is 0 Å². The molecule has 0 amide bonds. The summed E-state index contributed by atoms with van der Waals surface area (Å²) in [5.74, 6) is -0.342. The Labute approximate surface area is 188 Å². The lowest BCUT2D eigenvalue weighted by Crippen LogP contribution is -2.63. The van der Waals surface area contributed by atoms with Gasteiger partial charge in [0.1, 0.15) is 29.0 Å². The lowest BCUT2D eigenvalue weighted by atomic mass is 9.66. The lowest BCUT2D eigenvalue weighted by Gasteiger charge is -2.44. The molecule has 1 saturated heterocycles. The van der Waals surface area contributed by atoms with E-state index >= 15 is 0 Å². The molecule has 0 aliphatic carbocycles. The average molecular weight is 545 g/mol. The van der Waals surface area contributed by atoms with Gasteiger partial charge in [0.15, 0.2) is 0 Å². The smallest absolute Gasteiger partial charge is 0.244 e. The highest BCUT2D eigenvalue weighted by Gasteiger charge is 2.63. The van der Waals surface area contributed by atoms with E-state index in [0.29, 0.717) is 8.95 Å². The third-order valence-corrected chi connectivity index (χ3v) is 6.61. The van der Waals surface area contributed by atoms with Crippen LogP contribution >= 0.6 is 31.9 Å². The van der Waals surface area contributed by atoms with Crippen molar-refractivity contribution in [2.45, 2.75) is 38.0 Å². The third kappa shape index (κ3) is 3.88.